The summed E-state index contributed by atoms with van der Waals surface area (Å²) in [7, 11) is 0. The lowest BCUT2D eigenvalue weighted by Gasteiger charge is -2.25. The lowest BCUT2D eigenvalue weighted by molar-refractivity contribution is 0.138. The molecule has 0 radical (unpaired) electrons. The molecule has 1 aromatic carbocycles. The minimum Gasteiger partial charge on any atom is -0.487 e. The minimum atomic E-state index is -0.484. The van der Waals surface area contributed by atoms with E-state index in [2.05, 4.69) is 23.0 Å². The molecule has 2 heterocycles. The highest BCUT2D eigenvalue weighted by molar-refractivity contribution is 5.89. The van der Waals surface area contributed by atoms with Gasteiger partial charge in [0.15, 0.2) is 0 Å². The van der Waals surface area contributed by atoms with E-state index >= 15 is 0 Å². The van der Waals surface area contributed by atoms with Crippen LogP contribution in [-0.2, 0) is 0 Å². The van der Waals surface area contributed by atoms with Crippen molar-refractivity contribution in [2.24, 2.45) is 0 Å². The zero-order chi connectivity index (χ0) is 18.0. The van der Waals surface area contributed by atoms with Crippen LogP contribution in [0.4, 0.5) is 4.39 Å². The molecule has 0 fully saturated rings. The van der Waals surface area contributed by atoms with Crippen LogP contribution in [0.5, 0.6) is 5.75 Å². The molecule has 1 aliphatic heterocycles. The summed E-state index contributed by atoms with van der Waals surface area (Å²) in [5.74, 6) is 0.365. The van der Waals surface area contributed by atoms with Crippen LogP contribution in [-0.4, -0.2) is 42.3 Å². The van der Waals surface area contributed by atoms with Crippen molar-refractivity contribution in [3.63, 3.8) is 0 Å². The Balaban J connectivity index is 2.00. The van der Waals surface area contributed by atoms with Crippen molar-refractivity contribution >= 4 is 10.9 Å². The van der Waals surface area contributed by atoms with Crippen LogP contribution in [0.25, 0.3) is 10.9 Å². The Morgan fingerprint density at radius 1 is 1.32 bits per heavy atom. The topological polar surface area (TPSA) is 45.3 Å². The van der Waals surface area contributed by atoms with Gasteiger partial charge in [-0.2, -0.15) is 0 Å². The number of rotatable bonds is 7. The van der Waals surface area contributed by atoms with E-state index in [1.165, 1.54) is 6.07 Å². The van der Waals surface area contributed by atoms with Gasteiger partial charge in [0.05, 0.1) is 18.1 Å². The van der Waals surface area contributed by atoms with Crippen molar-refractivity contribution in [1.29, 1.82) is 0 Å². The van der Waals surface area contributed by atoms with Gasteiger partial charge in [0.25, 0.3) is 0 Å². The first-order chi connectivity index (χ1) is 12.1. The summed E-state index contributed by atoms with van der Waals surface area (Å²) in [5, 5.41) is 0.828. The Labute approximate surface area is 146 Å². The number of hydrogen-bond acceptors (Lipinski definition) is 3. The third-order valence-corrected chi connectivity index (χ3v) is 4.69. The number of fused-ring (bicyclic) bond motifs is 3. The molecule has 1 N–H and O–H groups in total. The molecular weight excluding hydrogens is 319 g/mol. The standard InChI is InChI=1S/C20H23FN2O2/c1-4-8-23(9-5-2)12-17-16(11-21)15-10-13(3)19-14(20(15)25-17)6-7-18(24)22-19/h4-7,10,16-17H,1-2,8-9,11-12H2,3H3,(H,22,24). The molecule has 0 saturated carbocycles. The normalized spacial score (nSPS) is 19.0. The van der Waals surface area contributed by atoms with Crippen LogP contribution in [0.1, 0.15) is 17.0 Å². The zero-order valence-electron chi connectivity index (χ0n) is 14.4. The molecule has 2 aromatic rings. The van der Waals surface area contributed by atoms with E-state index in [4.69, 9.17) is 4.74 Å². The van der Waals surface area contributed by atoms with Crippen LogP contribution in [0.15, 0.2) is 48.3 Å². The van der Waals surface area contributed by atoms with Crippen LogP contribution in [0.3, 0.4) is 0 Å². The number of halogens is 1. The first kappa shape index (κ1) is 17.4. The number of benzene rings is 1. The van der Waals surface area contributed by atoms with Crippen LogP contribution in [0.2, 0.25) is 0 Å². The lowest BCUT2D eigenvalue weighted by Crippen LogP contribution is -2.37. The van der Waals surface area contributed by atoms with Gasteiger partial charge in [-0.25, -0.2) is 0 Å². The summed E-state index contributed by atoms with van der Waals surface area (Å²) in [4.78, 5) is 16.6. The smallest absolute Gasteiger partial charge is 0.248 e. The third-order valence-electron chi connectivity index (χ3n) is 4.69. The summed E-state index contributed by atoms with van der Waals surface area (Å²) >= 11 is 0. The summed E-state index contributed by atoms with van der Waals surface area (Å²) < 4.78 is 20.0. The molecule has 2 unspecified atom stereocenters. The van der Waals surface area contributed by atoms with Gasteiger partial charge in [-0.1, -0.05) is 12.2 Å². The van der Waals surface area contributed by atoms with Gasteiger partial charge in [0.1, 0.15) is 11.9 Å². The summed E-state index contributed by atoms with van der Waals surface area (Å²) in [6, 6.07) is 5.16. The fourth-order valence-corrected chi connectivity index (χ4v) is 3.53. The number of pyridine rings is 1. The Kier molecular flexibility index (Phi) is 5.04. The van der Waals surface area contributed by atoms with Crippen molar-refractivity contribution in [3.05, 3.63) is 65.0 Å². The monoisotopic (exact) mass is 342 g/mol. The number of hydrogen-bond donors (Lipinski definition) is 1. The number of aryl methyl sites for hydroxylation is 1. The average Bonchev–Trinajstić information content (AvgIpc) is 2.92. The Morgan fingerprint density at radius 2 is 2.04 bits per heavy atom. The van der Waals surface area contributed by atoms with Gasteiger partial charge in [0, 0.05) is 36.7 Å². The molecule has 1 aliphatic rings. The fourth-order valence-electron chi connectivity index (χ4n) is 3.53. The van der Waals surface area contributed by atoms with E-state index in [-0.39, 0.29) is 17.6 Å². The maximum atomic E-state index is 13.8. The summed E-state index contributed by atoms with van der Waals surface area (Å²) in [6.45, 7) is 10.9. The first-order valence-electron chi connectivity index (χ1n) is 8.42. The highest BCUT2D eigenvalue weighted by Crippen LogP contribution is 2.44. The number of alkyl halides is 1. The highest BCUT2D eigenvalue weighted by Gasteiger charge is 2.37. The maximum Gasteiger partial charge on any atom is 0.248 e. The van der Waals surface area contributed by atoms with Gasteiger partial charge in [-0.3, -0.25) is 14.1 Å². The van der Waals surface area contributed by atoms with Crippen molar-refractivity contribution in [2.75, 3.05) is 26.3 Å². The molecule has 25 heavy (non-hydrogen) atoms. The number of aromatic amines is 1. The number of nitrogens with zero attached hydrogens (tertiary/aromatic N) is 1. The van der Waals surface area contributed by atoms with Crippen LogP contribution < -0.4 is 10.3 Å². The highest BCUT2D eigenvalue weighted by atomic mass is 19.1. The molecule has 5 heteroatoms. The predicted molar refractivity (Wildman–Crippen MR) is 99.3 cm³/mol. The molecule has 0 saturated heterocycles. The van der Waals surface area contributed by atoms with E-state index in [0.717, 1.165) is 22.0 Å². The molecule has 0 amide bonds. The second kappa shape index (κ2) is 7.23. The van der Waals surface area contributed by atoms with Crippen molar-refractivity contribution in [2.45, 2.75) is 18.9 Å². The number of ether oxygens (including phenoxy) is 1. The molecule has 1 aromatic heterocycles. The molecular formula is C20H23FN2O2. The van der Waals surface area contributed by atoms with E-state index < -0.39 is 6.67 Å². The Hall–Kier alpha value is -2.40. The zero-order valence-corrected chi connectivity index (χ0v) is 14.4. The maximum absolute atomic E-state index is 13.8. The largest absolute Gasteiger partial charge is 0.487 e. The van der Waals surface area contributed by atoms with Crippen molar-refractivity contribution < 1.29 is 9.13 Å². The molecule has 0 bridgehead atoms. The molecule has 0 aliphatic carbocycles. The van der Waals surface area contributed by atoms with Crippen LogP contribution in [0, 0.1) is 6.92 Å². The SMILES string of the molecule is C=CCN(CC=C)CC1Oc2c(cc(C)c3[nH]c(=O)ccc23)C1CF. The van der Waals surface area contributed by atoms with Gasteiger partial charge in [-0.15, -0.1) is 13.2 Å². The van der Waals surface area contributed by atoms with Crippen LogP contribution >= 0.6 is 0 Å². The van der Waals surface area contributed by atoms with Gasteiger partial charge < -0.3 is 9.72 Å². The quantitative estimate of drug-likeness (QED) is 0.785. The number of nitrogens with one attached hydrogen (secondary N) is 1. The molecule has 132 valence electrons. The van der Waals surface area contributed by atoms with Gasteiger partial charge >= 0.3 is 0 Å². The number of aromatic nitrogens is 1. The summed E-state index contributed by atoms with van der Waals surface area (Å²) in [6.07, 6.45) is 3.36. The summed E-state index contributed by atoms with van der Waals surface area (Å²) in [5.41, 5.74) is 2.39. The second-order valence-corrected chi connectivity index (χ2v) is 6.44. The first-order valence-corrected chi connectivity index (χ1v) is 8.42. The number of H-pyrrole nitrogens is 1. The average molecular weight is 342 g/mol. The van der Waals surface area contributed by atoms with E-state index in [9.17, 15) is 9.18 Å². The molecule has 4 nitrogen and oxygen atoms in total. The van der Waals surface area contributed by atoms with Gasteiger partial charge in [-0.05, 0) is 24.6 Å². The van der Waals surface area contributed by atoms with Crippen molar-refractivity contribution in [1.82, 2.24) is 9.88 Å². The lowest BCUT2D eigenvalue weighted by atomic mass is 9.93. The van der Waals surface area contributed by atoms with E-state index in [0.29, 0.717) is 25.4 Å². The molecule has 0 spiro atoms. The Bertz CT molecular complexity index is 849. The van der Waals surface area contributed by atoms with Gasteiger partial charge in [0.2, 0.25) is 5.56 Å². The third kappa shape index (κ3) is 3.24. The Morgan fingerprint density at radius 3 is 2.68 bits per heavy atom. The van der Waals surface area contributed by atoms with E-state index in [1.54, 1.807) is 6.07 Å². The molecule has 3 rings (SSSR count). The minimum absolute atomic E-state index is 0.157. The molecule has 2 atom stereocenters. The predicted octanol–water partition coefficient (Wildman–Crippen LogP) is 3.32. The van der Waals surface area contributed by atoms with Crippen molar-refractivity contribution in [3.8, 4) is 5.75 Å². The second-order valence-electron chi connectivity index (χ2n) is 6.44. The van der Waals surface area contributed by atoms with E-state index in [1.807, 2.05) is 25.1 Å². The fraction of sp³-hybridized carbons (Fsp3) is 0.350.